The number of carbonyl (C=O) groups excluding carboxylic acids is 2. The first-order valence-electron chi connectivity index (χ1n) is 10.2. The van der Waals surface area contributed by atoms with Gasteiger partial charge in [-0.2, -0.15) is 0 Å². The van der Waals surface area contributed by atoms with Crippen molar-refractivity contribution in [1.29, 1.82) is 0 Å². The lowest BCUT2D eigenvalue weighted by atomic mass is 9.90. The maximum Gasteiger partial charge on any atom is 0.251 e. The van der Waals surface area contributed by atoms with E-state index in [1.807, 2.05) is 36.4 Å². The summed E-state index contributed by atoms with van der Waals surface area (Å²) in [7, 11) is 0. The van der Waals surface area contributed by atoms with Gasteiger partial charge in [0.1, 0.15) is 13.2 Å². The largest absolute Gasteiger partial charge is 0.486 e. The molecule has 0 spiro atoms. The van der Waals surface area contributed by atoms with Crippen molar-refractivity contribution in [3.05, 3.63) is 59.7 Å². The highest BCUT2D eigenvalue weighted by atomic mass is 16.6. The van der Waals surface area contributed by atoms with Crippen molar-refractivity contribution in [1.82, 2.24) is 10.6 Å². The van der Waals surface area contributed by atoms with Crippen LogP contribution in [-0.4, -0.2) is 38.1 Å². The molecule has 0 aromatic heterocycles. The summed E-state index contributed by atoms with van der Waals surface area (Å²) in [6.45, 7) is 1.94. The van der Waals surface area contributed by atoms with Crippen molar-refractivity contribution in [2.75, 3.05) is 26.3 Å². The Hall–Kier alpha value is -3.02. The van der Waals surface area contributed by atoms with Crippen LogP contribution in [0.25, 0.3) is 0 Å². The fourth-order valence-electron chi connectivity index (χ4n) is 3.69. The molecule has 1 aliphatic carbocycles. The van der Waals surface area contributed by atoms with E-state index in [9.17, 15) is 9.59 Å². The summed E-state index contributed by atoms with van der Waals surface area (Å²) in [4.78, 5) is 24.5. The lowest BCUT2D eigenvalue weighted by Crippen LogP contribution is -2.35. The van der Waals surface area contributed by atoms with Gasteiger partial charge in [-0.15, -0.1) is 0 Å². The van der Waals surface area contributed by atoms with E-state index in [1.165, 1.54) is 0 Å². The van der Waals surface area contributed by atoms with Crippen LogP contribution >= 0.6 is 0 Å². The van der Waals surface area contributed by atoms with Gasteiger partial charge < -0.3 is 20.1 Å². The Balaban J connectivity index is 1.27. The van der Waals surface area contributed by atoms with E-state index in [4.69, 9.17) is 9.47 Å². The fraction of sp³-hybridized carbons (Fsp3) is 0.391. The average molecular weight is 394 g/mol. The number of fused-ring (bicyclic) bond motifs is 1. The molecule has 29 heavy (non-hydrogen) atoms. The van der Waals surface area contributed by atoms with Crippen LogP contribution in [0.1, 0.15) is 41.1 Å². The molecular weight excluding hydrogens is 368 g/mol. The molecule has 2 aromatic carbocycles. The van der Waals surface area contributed by atoms with Gasteiger partial charge in [-0.1, -0.05) is 24.3 Å². The zero-order chi connectivity index (χ0) is 20.1. The summed E-state index contributed by atoms with van der Waals surface area (Å²) in [5.74, 6) is 2.14. The summed E-state index contributed by atoms with van der Waals surface area (Å²) < 4.78 is 11.3. The Kier molecular flexibility index (Phi) is 5.98. The van der Waals surface area contributed by atoms with Gasteiger partial charge in [-0.3, -0.25) is 9.59 Å². The Bertz CT molecular complexity index is 864. The monoisotopic (exact) mass is 394 g/mol. The molecule has 1 heterocycles. The molecular formula is C23H26N2O4. The molecule has 6 nitrogen and oxygen atoms in total. The number of nitrogens with one attached hydrogen (secondary N) is 2. The van der Waals surface area contributed by atoms with Gasteiger partial charge in [0.2, 0.25) is 5.91 Å². The van der Waals surface area contributed by atoms with Crippen LogP contribution < -0.4 is 20.1 Å². The summed E-state index contributed by atoms with van der Waals surface area (Å²) in [5.41, 5.74) is 1.75. The van der Waals surface area contributed by atoms with Crippen LogP contribution in [0.2, 0.25) is 0 Å². The lowest BCUT2D eigenvalue weighted by molar-refractivity contribution is -0.121. The van der Waals surface area contributed by atoms with E-state index in [1.54, 1.807) is 12.1 Å². The SMILES string of the molecule is O=C(CC(c1ccc2c(c1)OCCO2)C1CC1)NCCNC(=O)c1ccccc1. The molecule has 2 N–H and O–H groups in total. The minimum atomic E-state index is -0.132. The highest BCUT2D eigenvalue weighted by Gasteiger charge is 2.34. The average Bonchev–Trinajstić information content (AvgIpc) is 3.60. The van der Waals surface area contributed by atoms with Gasteiger partial charge in [-0.25, -0.2) is 0 Å². The van der Waals surface area contributed by atoms with Gasteiger partial charge in [0.25, 0.3) is 5.91 Å². The molecule has 2 amide bonds. The number of carbonyl (C=O) groups is 2. The van der Waals surface area contributed by atoms with Crippen LogP contribution in [0, 0.1) is 5.92 Å². The van der Waals surface area contributed by atoms with E-state index < -0.39 is 0 Å². The third-order valence-electron chi connectivity index (χ3n) is 5.36. The molecule has 1 fully saturated rings. The third-order valence-corrected chi connectivity index (χ3v) is 5.36. The Labute approximate surface area is 170 Å². The standard InChI is InChI=1S/C23H26N2O4/c26-22(24-10-11-25-23(27)17-4-2-1-3-5-17)15-19(16-6-7-16)18-8-9-20-21(14-18)29-13-12-28-20/h1-5,8-9,14,16,19H,6-7,10-13,15H2,(H,24,26)(H,25,27). The number of ether oxygens (including phenoxy) is 2. The minimum Gasteiger partial charge on any atom is -0.486 e. The molecule has 1 atom stereocenters. The second-order valence-electron chi connectivity index (χ2n) is 7.52. The lowest BCUT2D eigenvalue weighted by Gasteiger charge is -2.22. The first kappa shape index (κ1) is 19.3. The molecule has 1 aliphatic heterocycles. The van der Waals surface area contributed by atoms with E-state index in [0.29, 0.717) is 44.2 Å². The van der Waals surface area contributed by atoms with Crippen molar-refractivity contribution < 1.29 is 19.1 Å². The zero-order valence-electron chi connectivity index (χ0n) is 16.4. The molecule has 0 bridgehead atoms. The highest BCUT2D eigenvalue weighted by molar-refractivity contribution is 5.94. The van der Waals surface area contributed by atoms with E-state index in [2.05, 4.69) is 10.6 Å². The first-order valence-corrected chi connectivity index (χ1v) is 10.2. The summed E-state index contributed by atoms with van der Waals surface area (Å²) >= 11 is 0. The number of rotatable bonds is 8. The number of hydrogen-bond donors (Lipinski definition) is 2. The summed E-state index contributed by atoms with van der Waals surface area (Å²) in [6.07, 6.45) is 2.75. The molecule has 0 saturated heterocycles. The van der Waals surface area contributed by atoms with Crippen molar-refractivity contribution in [2.24, 2.45) is 5.92 Å². The van der Waals surface area contributed by atoms with E-state index in [0.717, 1.165) is 29.9 Å². The second kappa shape index (κ2) is 8.99. The van der Waals surface area contributed by atoms with Crippen LogP contribution in [0.15, 0.2) is 48.5 Å². The predicted molar refractivity (Wildman–Crippen MR) is 109 cm³/mol. The molecule has 2 aromatic rings. The number of benzene rings is 2. The Morgan fingerprint density at radius 3 is 2.41 bits per heavy atom. The smallest absolute Gasteiger partial charge is 0.251 e. The van der Waals surface area contributed by atoms with E-state index >= 15 is 0 Å². The summed E-state index contributed by atoms with van der Waals surface area (Å²) in [6, 6.07) is 15.1. The van der Waals surface area contributed by atoms with Gasteiger partial charge in [0.05, 0.1) is 0 Å². The molecule has 4 rings (SSSR count). The first-order chi connectivity index (χ1) is 14.2. The number of hydrogen-bond acceptors (Lipinski definition) is 4. The highest BCUT2D eigenvalue weighted by Crippen LogP contribution is 2.46. The van der Waals surface area contributed by atoms with Crippen LogP contribution in [0.3, 0.4) is 0 Å². The summed E-state index contributed by atoms with van der Waals surface area (Å²) in [5, 5.41) is 5.75. The molecule has 6 heteroatoms. The molecule has 152 valence electrons. The van der Waals surface area contributed by atoms with Crippen molar-refractivity contribution in [3.63, 3.8) is 0 Å². The van der Waals surface area contributed by atoms with Gasteiger partial charge >= 0.3 is 0 Å². The zero-order valence-corrected chi connectivity index (χ0v) is 16.4. The normalized spacial score (nSPS) is 16.0. The maximum absolute atomic E-state index is 12.5. The predicted octanol–water partition coefficient (Wildman–Crippen LogP) is 2.89. The van der Waals surface area contributed by atoms with Crippen LogP contribution in [-0.2, 0) is 4.79 Å². The topological polar surface area (TPSA) is 76.7 Å². The molecule has 1 unspecified atom stereocenters. The van der Waals surface area contributed by atoms with Crippen molar-refractivity contribution in [3.8, 4) is 11.5 Å². The van der Waals surface area contributed by atoms with Gasteiger partial charge in [0, 0.05) is 25.1 Å². The minimum absolute atomic E-state index is 0.00532. The van der Waals surface area contributed by atoms with Crippen LogP contribution in [0.4, 0.5) is 0 Å². The fourth-order valence-corrected chi connectivity index (χ4v) is 3.69. The van der Waals surface area contributed by atoms with Gasteiger partial charge in [0.15, 0.2) is 11.5 Å². The maximum atomic E-state index is 12.5. The molecule has 1 saturated carbocycles. The Morgan fingerprint density at radius 2 is 1.66 bits per heavy atom. The van der Waals surface area contributed by atoms with Crippen LogP contribution in [0.5, 0.6) is 11.5 Å². The quantitative estimate of drug-likeness (QED) is 0.675. The van der Waals surface area contributed by atoms with Crippen molar-refractivity contribution >= 4 is 11.8 Å². The van der Waals surface area contributed by atoms with Crippen molar-refractivity contribution in [2.45, 2.75) is 25.2 Å². The number of amides is 2. The Morgan fingerprint density at radius 1 is 0.931 bits per heavy atom. The molecule has 2 aliphatic rings. The van der Waals surface area contributed by atoms with Gasteiger partial charge in [-0.05, 0) is 54.5 Å². The molecule has 0 radical (unpaired) electrons. The van der Waals surface area contributed by atoms with E-state index in [-0.39, 0.29) is 17.7 Å². The third kappa shape index (κ3) is 5.08. The second-order valence-corrected chi connectivity index (χ2v) is 7.52.